The third-order valence-electron chi connectivity index (χ3n) is 4.28. The third-order valence-corrected chi connectivity index (χ3v) is 5.44. The Bertz CT molecular complexity index is 853. The summed E-state index contributed by atoms with van der Waals surface area (Å²) in [5, 5.41) is 10.3. The molecule has 6 heteroatoms. The number of carboxylic acids is 1. The van der Waals surface area contributed by atoms with E-state index < -0.39 is 5.97 Å². The van der Waals surface area contributed by atoms with E-state index in [4.69, 9.17) is 5.11 Å². The Morgan fingerprint density at radius 2 is 2.00 bits per heavy atom. The van der Waals surface area contributed by atoms with Crippen LogP contribution in [0.25, 0.3) is 20.3 Å². The van der Waals surface area contributed by atoms with Gasteiger partial charge >= 0.3 is 5.97 Å². The van der Waals surface area contributed by atoms with Gasteiger partial charge in [-0.2, -0.15) is 0 Å². The van der Waals surface area contributed by atoms with Crippen molar-refractivity contribution in [3.05, 3.63) is 30.6 Å². The minimum absolute atomic E-state index is 0.226. The molecule has 0 saturated carbocycles. The molecule has 2 aromatic heterocycles. The Balaban J connectivity index is 1.75. The SMILES string of the molecule is O=C(O)C1CCN(c2ncnc3c2sc2ccccc23)CC1. The Hall–Kier alpha value is -2.21. The standard InChI is InChI=1S/C16H15N3O2S/c20-16(21)10-5-7-19(8-6-10)15-14-13(17-9-18-15)11-3-1-2-4-12(11)22-14/h1-4,9-10H,5-8H2,(H,20,21). The monoisotopic (exact) mass is 313 g/mol. The van der Waals surface area contributed by atoms with Gasteiger partial charge in [0.25, 0.3) is 0 Å². The average molecular weight is 313 g/mol. The molecule has 1 aliphatic heterocycles. The van der Waals surface area contributed by atoms with Crippen LogP contribution < -0.4 is 4.90 Å². The van der Waals surface area contributed by atoms with Gasteiger partial charge in [0, 0.05) is 23.2 Å². The minimum atomic E-state index is -0.686. The highest BCUT2D eigenvalue weighted by Crippen LogP contribution is 2.37. The molecule has 0 atom stereocenters. The molecule has 0 aliphatic carbocycles. The van der Waals surface area contributed by atoms with Crippen LogP contribution in [0.4, 0.5) is 5.82 Å². The fourth-order valence-electron chi connectivity index (χ4n) is 3.08. The molecule has 1 aromatic carbocycles. The summed E-state index contributed by atoms with van der Waals surface area (Å²) in [7, 11) is 0. The third kappa shape index (κ3) is 2.11. The highest BCUT2D eigenvalue weighted by atomic mass is 32.1. The van der Waals surface area contributed by atoms with Gasteiger partial charge in [0.05, 0.1) is 16.1 Å². The summed E-state index contributed by atoms with van der Waals surface area (Å²) in [6.07, 6.45) is 2.96. The molecule has 3 aromatic rings. The normalized spacial score (nSPS) is 16.5. The van der Waals surface area contributed by atoms with Crippen molar-refractivity contribution in [1.82, 2.24) is 9.97 Å². The number of nitrogens with zero attached hydrogens (tertiary/aromatic N) is 3. The molecular weight excluding hydrogens is 298 g/mol. The number of aromatic nitrogens is 2. The van der Waals surface area contributed by atoms with Gasteiger partial charge in [-0.25, -0.2) is 9.97 Å². The van der Waals surface area contributed by atoms with Crippen LogP contribution in [-0.4, -0.2) is 34.1 Å². The van der Waals surface area contributed by atoms with Crippen LogP contribution in [0.5, 0.6) is 0 Å². The lowest BCUT2D eigenvalue weighted by molar-refractivity contribution is -0.142. The fraction of sp³-hybridized carbons (Fsp3) is 0.312. The van der Waals surface area contributed by atoms with E-state index in [2.05, 4.69) is 27.0 Å². The highest BCUT2D eigenvalue weighted by Gasteiger charge is 2.26. The second-order valence-corrected chi connectivity index (χ2v) is 6.62. The molecule has 1 saturated heterocycles. The molecule has 0 bridgehead atoms. The Morgan fingerprint density at radius 3 is 2.77 bits per heavy atom. The van der Waals surface area contributed by atoms with Gasteiger partial charge in [-0.15, -0.1) is 11.3 Å². The van der Waals surface area contributed by atoms with Crippen molar-refractivity contribution in [3.8, 4) is 0 Å². The smallest absolute Gasteiger partial charge is 0.306 e. The van der Waals surface area contributed by atoms with Crippen molar-refractivity contribution >= 4 is 43.4 Å². The van der Waals surface area contributed by atoms with Crippen molar-refractivity contribution in [1.29, 1.82) is 0 Å². The molecule has 0 unspecified atom stereocenters. The van der Waals surface area contributed by atoms with Crippen LogP contribution in [-0.2, 0) is 4.79 Å². The summed E-state index contributed by atoms with van der Waals surface area (Å²) in [5.41, 5.74) is 0.992. The molecule has 3 heterocycles. The number of carboxylic acid groups (broad SMARTS) is 1. The van der Waals surface area contributed by atoms with Crippen molar-refractivity contribution in [2.75, 3.05) is 18.0 Å². The maximum Gasteiger partial charge on any atom is 0.306 e. The summed E-state index contributed by atoms with van der Waals surface area (Å²) in [4.78, 5) is 22.2. The van der Waals surface area contributed by atoms with Crippen molar-refractivity contribution in [3.63, 3.8) is 0 Å². The lowest BCUT2D eigenvalue weighted by Gasteiger charge is -2.31. The van der Waals surface area contributed by atoms with Gasteiger partial charge < -0.3 is 10.0 Å². The van der Waals surface area contributed by atoms with E-state index in [9.17, 15) is 4.79 Å². The molecular formula is C16H15N3O2S. The van der Waals surface area contributed by atoms with Gasteiger partial charge in [-0.05, 0) is 18.9 Å². The molecule has 1 aliphatic rings. The van der Waals surface area contributed by atoms with E-state index in [0.717, 1.165) is 34.5 Å². The predicted octanol–water partition coefficient (Wildman–Crippen LogP) is 3.15. The van der Waals surface area contributed by atoms with Crippen molar-refractivity contribution in [2.45, 2.75) is 12.8 Å². The average Bonchev–Trinajstić information content (AvgIpc) is 2.93. The van der Waals surface area contributed by atoms with Crippen LogP contribution in [0.2, 0.25) is 0 Å². The zero-order valence-corrected chi connectivity index (χ0v) is 12.7. The molecule has 0 amide bonds. The van der Waals surface area contributed by atoms with E-state index >= 15 is 0 Å². The van der Waals surface area contributed by atoms with E-state index in [1.54, 1.807) is 17.7 Å². The number of anilines is 1. The van der Waals surface area contributed by atoms with Crippen LogP contribution in [0.3, 0.4) is 0 Å². The number of piperidine rings is 1. The summed E-state index contributed by atoms with van der Waals surface area (Å²) >= 11 is 1.71. The number of thiophene rings is 1. The quantitative estimate of drug-likeness (QED) is 0.787. The van der Waals surface area contributed by atoms with Crippen molar-refractivity contribution < 1.29 is 9.90 Å². The summed E-state index contributed by atoms with van der Waals surface area (Å²) in [6.45, 7) is 1.47. The number of benzene rings is 1. The zero-order chi connectivity index (χ0) is 15.1. The summed E-state index contributed by atoms with van der Waals surface area (Å²) in [5.74, 6) is 0.0281. The Morgan fingerprint density at radius 1 is 1.23 bits per heavy atom. The second kappa shape index (κ2) is 5.21. The second-order valence-electron chi connectivity index (χ2n) is 5.57. The van der Waals surface area contributed by atoms with Crippen LogP contribution in [0.15, 0.2) is 30.6 Å². The van der Waals surface area contributed by atoms with E-state index in [-0.39, 0.29) is 5.92 Å². The molecule has 1 fully saturated rings. The number of rotatable bonds is 2. The van der Waals surface area contributed by atoms with Gasteiger partial charge in [-0.3, -0.25) is 4.79 Å². The van der Waals surface area contributed by atoms with Crippen LogP contribution >= 0.6 is 11.3 Å². The predicted molar refractivity (Wildman–Crippen MR) is 87.5 cm³/mol. The first-order valence-corrected chi connectivity index (χ1v) is 8.15. The Kier molecular flexibility index (Phi) is 3.18. The maximum absolute atomic E-state index is 11.1. The van der Waals surface area contributed by atoms with Crippen LogP contribution in [0.1, 0.15) is 12.8 Å². The van der Waals surface area contributed by atoms with Gasteiger partial charge in [0.2, 0.25) is 0 Å². The number of aliphatic carboxylic acids is 1. The zero-order valence-electron chi connectivity index (χ0n) is 11.9. The molecule has 0 spiro atoms. The van der Waals surface area contributed by atoms with E-state index in [1.807, 2.05) is 12.1 Å². The first-order valence-electron chi connectivity index (χ1n) is 7.34. The molecule has 22 heavy (non-hydrogen) atoms. The first-order chi connectivity index (χ1) is 10.7. The van der Waals surface area contributed by atoms with Crippen molar-refractivity contribution in [2.24, 2.45) is 5.92 Å². The summed E-state index contributed by atoms with van der Waals surface area (Å²) < 4.78 is 2.30. The maximum atomic E-state index is 11.1. The molecule has 1 N–H and O–H groups in total. The molecule has 112 valence electrons. The Labute approximate surface area is 131 Å². The van der Waals surface area contributed by atoms with Crippen LogP contribution in [0, 0.1) is 5.92 Å². The molecule has 5 nitrogen and oxygen atoms in total. The molecule has 4 rings (SSSR count). The topological polar surface area (TPSA) is 66.3 Å². The molecule has 0 radical (unpaired) electrons. The van der Waals surface area contributed by atoms with Gasteiger partial charge in [-0.1, -0.05) is 18.2 Å². The summed E-state index contributed by atoms with van der Waals surface area (Å²) in [6, 6.07) is 8.24. The van der Waals surface area contributed by atoms with Gasteiger partial charge in [0.15, 0.2) is 0 Å². The first kappa shape index (κ1) is 13.5. The largest absolute Gasteiger partial charge is 0.481 e. The fourth-order valence-corrected chi connectivity index (χ4v) is 4.25. The lowest BCUT2D eigenvalue weighted by Crippen LogP contribution is -2.36. The lowest BCUT2D eigenvalue weighted by atomic mass is 9.97. The van der Waals surface area contributed by atoms with E-state index in [0.29, 0.717) is 12.8 Å². The number of fused-ring (bicyclic) bond motifs is 3. The van der Waals surface area contributed by atoms with E-state index in [1.165, 1.54) is 4.70 Å². The minimum Gasteiger partial charge on any atom is -0.481 e. The number of hydrogen-bond acceptors (Lipinski definition) is 5. The number of hydrogen-bond donors (Lipinski definition) is 1. The van der Waals surface area contributed by atoms with Gasteiger partial charge in [0.1, 0.15) is 12.1 Å². The highest BCUT2D eigenvalue weighted by molar-refractivity contribution is 7.26. The number of carbonyl (C=O) groups is 1.